The Hall–Kier alpha value is -5.70. The third-order valence-electron chi connectivity index (χ3n) is 9.67. The van der Waals surface area contributed by atoms with Crippen molar-refractivity contribution >= 4 is 74.3 Å². The Kier molecular flexibility index (Phi) is 9.69. The lowest BCUT2D eigenvalue weighted by atomic mass is 9.92. The first-order chi connectivity index (χ1) is 25.1. The zero-order valence-electron chi connectivity index (χ0n) is 29.0. The summed E-state index contributed by atoms with van der Waals surface area (Å²) in [4.78, 5) is 60.4. The molecule has 4 N–H and O–H groups in total. The Morgan fingerprint density at radius 2 is 1.96 bits per heavy atom. The van der Waals surface area contributed by atoms with Crippen molar-refractivity contribution in [2.45, 2.75) is 31.6 Å². The predicted octanol–water partition coefficient (Wildman–Crippen LogP) is 3.59. The van der Waals surface area contributed by atoms with Gasteiger partial charge in [0, 0.05) is 63.7 Å². The maximum atomic E-state index is 12.8. The van der Waals surface area contributed by atoms with Crippen molar-refractivity contribution in [3.8, 4) is 5.75 Å². The van der Waals surface area contributed by atoms with Gasteiger partial charge < -0.3 is 30.2 Å². The number of piperidine rings is 2. The number of para-hydroxylation sites is 1. The summed E-state index contributed by atoms with van der Waals surface area (Å²) in [7, 11) is 5.02. The molecule has 2 aromatic carbocycles. The number of halogens is 1. The maximum absolute atomic E-state index is 12.8. The molecule has 3 aromatic heterocycles. The summed E-state index contributed by atoms with van der Waals surface area (Å²) in [5.41, 5.74) is 3.57. The first-order valence-corrected chi connectivity index (χ1v) is 17.5. The van der Waals surface area contributed by atoms with Crippen LogP contribution in [-0.2, 0) is 28.5 Å². The van der Waals surface area contributed by atoms with E-state index in [0.717, 1.165) is 47.9 Å². The van der Waals surface area contributed by atoms with E-state index in [9.17, 15) is 19.2 Å². The second kappa shape index (κ2) is 14.5. The molecule has 7 rings (SSSR count). The van der Waals surface area contributed by atoms with Crippen LogP contribution in [-0.4, -0.2) is 75.3 Å². The van der Waals surface area contributed by atoms with Gasteiger partial charge in [0.05, 0.1) is 34.5 Å². The number of hydrogen-bond acceptors (Lipinski definition) is 11. The lowest BCUT2D eigenvalue weighted by Gasteiger charge is -2.33. The van der Waals surface area contributed by atoms with Crippen LogP contribution in [0.15, 0.2) is 53.5 Å². The van der Waals surface area contributed by atoms with Gasteiger partial charge >= 0.3 is 0 Å². The summed E-state index contributed by atoms with van der Waals surface area (Å²) in [6, 6.07) is 13.1. The molecule has 0 spiro atoms. The largest absolute Gasteiger partial charge is 0.478 e. The molecule has 16 heteroatoms. The first-order valence-electron chi connectivity index (χ1n) is 17.1. The topological polar surface area (TPSA) is 177 Å². The molecule has 2 aliphatic rings. The highest BCUT2D eigenvalue weighted by atomic mass is 35.5. The van der Waals surface area contributed by atoms with E-state index in [0.29, 0.717) is 59.0 Å². The number of likely N-dealkylation sites (N-methyl/N-ethyl adjacent to an activating group) is 1. The Morgan fingerprint density at radius 1 is 1.12 bits per heavy atom. The van der Waals surface area contributed by atoms with Gasteiger partial charge in [-0.2, -0.15) is 10.1 Å². The Morgan fingerprint density at radius 3 is 2.77 bits per heavy atom. The number of carbonyl (C=O) groups excluding carboxylic acids is 3. The summed E-state index contributed by atoms with van der Waals surface area (Å²) in [5, 5.41) is 18.6. The van der Waals surface area contributed by atoms with Crippen LogP contribution in [0.25, 0.3) is 21.8 Å². The van der Waals surface area contributed by atoms with E-state index >= 15 is 0 Å². The molecule has 2 aliphatic heterocycles. The summed E-state index contributed by atoms with van der Waals surface area (Å²) in [6.07, 6.45) is 4.32. The van der Waals surface area contributed by atoms with Crippen LogP contribution in [0.4, 0.5) is 23.1 Å². The molecule has 0 saturated carbocycles. The molecule has 5 aromatic rings. The summed E-state index contributed by atoms with van der Waals surface area (Å²) >= 11 is 6.57. The normalized spacial score (nSPS) is 17.7. The van der Waals surface area contributed by atoms with Gasteiger partial charge in [0.1, 0.15) is 5.02 Å². The molecule has 0 aliphatic carbocycles. The number of anilines is 4. The van der Waals surface area contributed by atoms with Gasteiger partial charge in [-0.25, -0.2) is 4.98 Å². The van der Waals surface area contributed by atoms with Crippen molar-refractivity contribution in [3.63, 3.8) is 0 Å². The van der Waals surface area contributed by atoms with Gasteiger partial charge in [-0.05, 0) is 55.5 Å². The average Bonchev–Trinajstić information content (AvgIpc) is 3.48. The van der Waals surface area contributed by atoms with Crippen LogP contribution >= 0.6 is 11.6 Å². The minimum atomic E-state index is -0.465. The fourth-order valence-corrected chi connectivity index (χ4v) is 7.11. The molecule has 270 valence electrons. The number of fused-ring (bicyclic) bond motifs is 2. The minimum absolute atomic E-state index is 0.0706. The molecule has 15 nitrogen and oxygen atoms in total. The van der Waals surface area contributed by atoms with E-state index in [4.69, 9.17) is 26.4 Å². The smallest absolute Gasteiger partial charge is 0.293 e. The molecule has 52 heavy (non-hydrogen) atoms. The second-order valence-corrected chi connectivity index (χ2v) is 13.6. The van der Waals surface area contributed by atoms with Crippen molar-refractivity contribution in [3.05, 3.63) is 69.7 Å². The number of pyridine rings is 1. The van der Waals surface area contributed by atoms with Gasteiger partial charge in [0.25, 0.3) is 11.5 Å². The third-order valence-corrected chi connectivity index (χ3v) is 9.94. The standard InChI is InChI=1S/C36H39ClN10O5/c1-38-30(49)19-52-28-15-21-14-22(9-11-27(21)45(2)35(28)51)41-33-25(37)17-40-36(43-33)47-13-5-6-20(18-47)16-39-26-8-4-7-23-31(44-46(3)32(23)26)24-10-12-29(48)42-34(24)50/h4,7-9,11,14-15,17,20,24,39H,5-6,10,12-13,16,18-19H2,1-3H3,(H,38,49)(H,40,41,43)(H,42,48,50)/t20-,24?/m1/s1. The Bertz CT molecular complexity index is 2270. The van der Waals surface area contributed by atoms with Crippen molar-refractivity contribution in [2.75, 3.05) is 48.8 Å². The number of benzene rings is 2. The van der Waals surface area contributed by atoms with E-state index < -0.39 is 5.92 Å². The van der Waals surface area contributed by atoms with E-state index in [1.54, 1.807) is 24.0 Å². The van der Waals surface area contributed by atoms with Gasteiger partial charge in [-0.3, -0.25) is 29.2 Å². The molecule has 2 saturated heterocycles. The fourth-order valence-electron chi connectivity index (χ4n) is 6.97. The van der Waals surface area contributed by atoms with Gasteiger partial charge in [-0.1, -0.05) is 23.7 Å². The van der Waals surface area contributed by atoms with E-state index in [1.807, 2.05) is 43.4 Å². The Labute approximate surface area is 303 Å². The number of hydrogen-bond donors (Lipinski definition) is 4. The highest BCUT2D eigenvalue weighted by molar-refractivity contribution is 6.33. The molecule has 2 fully saturated rings. The quantitative estimate of drug-likeness (QED) is 0.155. The van der Waals surface area contributed by atoms with Crippen LogP contribution in [0.3, 0.4) is 0 Å². The van der Waals surface area contributed by atoms with Crippen molar-refractivity contribution in [1.29, 1.82) is 0 Å². The number of amides is 3. The summed E-state index contributed by atoms with van der Waals surface area (Å²) in [5.74, 6) is 0.0263. The average molecular weight is 727 g/mol. The monoisotopic (exact) mass is 726 g/mol. The molecule has 3 amide bonds. The van der Waals surface area contributed by atoms with Crippen LogP contribution in [0.2, 0.25) is 5.02 Å². The van der Waals surface area contributed by atoms with Crippen molar-refractivity contribution < 1.29 is 19.1 Å². The SMILES string of the molecule is CNC(=O)COc1cc2cc(Nc3nc(N4CCC[C@H](CNc5cccc6c(C7CCC(=O)NC7=O)nn(C)c56)C4)ncc3Cl)ccc2n(C)c1=O. The highest BCUT2D eigenvalue weighted by Crippen LogP contribution is 2.34. The first kappa shape index (κ1) is 34.7. The number of ether oxygens (including phenoxy) is 1. The second-order valence-electron chi connectivity index (χ2n) is 13.1. The zero-order chi connectivity index (χ0) is 36.5. The zero-order valence-corrected chi connectivity index (χ0v) is 29.8. The van der Waals surface area contributed by atoms with Crippen molar-refractivity contribution in [2.24, 2.45) is 20.0 Å². The van der Waals surface area contributed by atoms with Gasteiger partial charge in [0.15, 0.2) is 18.2 Å². The number of aryl methyl sites for hydroxylation is 2. The Balaban J connectivity index is 1.05. The van der Waals surface area contributed by atoms with Crippen LogP contribution in [0, 0.1) is 5.92 Å². The molecule has 2 atom stereocenters. The predicted molar refractivity (Wildman–Crippen MR) is 198 cm³/mol. The molecular weight excluding hydrogens is 688 g/mol. The van der Waals surface area contributed by atoms with Crippen LogP contribution in [0.1, 0.15) is 37.3 Å². The number of nitrogens with one attached hydrogen (secondary N) is 4. The van der Waals surface area contributed by atoms with E-state index in [2.05, 4.69) is 31.2 Å². The number of carbonyl (C=O) groups is 3. The summed E-state index contributed by atoms with van der Waals surface area (Å²) < 4.78 is 8.78. The molecule has 0 bridgehead atoms. The summed E-state index contributed by atoms with van der Waals surface area (Å²) in [6.45, 7) is 1.98. The fraction of sp³-hybridized carbons (Fsp3) is 0.361. The van der Waals surface area contributed by atoms with E-state index in [1.165, 1.54) is 11.6 Å². The maximum Gasteiger partial charge on any atom is 0.293 e. The van der Waals surface area contributed by atoms with Gasteiger partial charge in [0.2, 0.25) is 17.8 Å². The number of rotatable bonds is 10. The molecule has 5 heterocycles. The van der Waals surface area contributed by atoms with Crippen molar-refractivity contribution in [1.82, 2.24) is 34.9 Å². The number of nitrogens with zero attached hydrogens (tertiary/aromatic N) is 6. The van der Waals surface area contributed by atoms with Gasteiger partial charge in [-0.15, -0.1) is 0 Å². The highest BCUT2D eigenvalue weighted by Gasteiger charge is 2.32. The molecule has 0 radical (unpaired) electrons. The minimum Gasteiger partial charge on any atom is -0.478 e. The number of imide groups is 1. The lowest BCUT2D eigenvalue weighted by Crippen LogP contribution is -2.39. The molecule has 1 unspecified atom stereocenters. The van der Waals surface area contributed by atoms with E-state index in [-0.39, 0.29) is 35.6 Å². The van der Waals surface area contributed by atoms with Crippen LogP contribution < -0.4 is 36.5 Å². The van der Waals surface area contributed by atoms with Crippen LogP contribution in [0.5, 0.6) is 5.75 Å². The molecular formula is C36H39ClN10O5. The lowest BCUT2D eigenvalue weighted by molar-refractivity contribution is -0.134. The number of aromatic nitrogens is 5. The third kappa shape index (κ3) is 6.95.